The molecule has 1 saturated heterocycles. The number of ketones is 1. The van der Waals surface area contributed by atoms with Crippen LogP contribution >= 0.6 is 0 Å². The van der Waals surface area contributed by atoms with Crippen LogP contribution in [-0.4, -0.2) is 40.8 Å². The minimum absolute atomic E-state index is 0.00523. The number of esters is 1. The number of carbonyl (C=O) groups excluding carboxylic acids is 3. The van der Waals surface area contributed by atoms with Crippen LogP contribution in [0.15, 0.2) is 54.1 Å². The van der Waals surface area contributed by atoms with Gasteiger partial charge >= 0.3 is 5.97 Å². The maximum Gasteiger partial charge on any atom is 0.308 e. The Morgan fingerprint density at radius 2 is 1.75 bits per heavy atom. The van der Waals surface area contributed by atoms with Crippen molar-refractivity contribution in [3.63, 3.8) is 0 Å². The van der Waals surface area contributed by atoms with E-state index in [0.717, 1.165) is 6.42 Å². The molecule has 2 aromatic carbocycles. The van der Waals surface area contributed by atoms with Gasteiger partial charge in [-0.3, -0.25) is 14.4 Å². The summed E-state index contributed by atoms with van der Waals surface area (Å²) in [6, 6.07) is 12.6. The highest BCUT2D eigenvalue weighted by atomic mass is 16.5. The van der Waals surface area contributed by atoms with Crippen molar-refractivity contribution in [2.24, 2.45) is 0 Å². The van der Waals surface area contributed by atoms with Crippen LogP contribution in [0.1, 0.15) is 50.8 Å². The van der Waals surface area contributed by atoms with Crippen molar-refractivity contribution in [2.75, 3.05) is 13.2 Å². The lowest BCUT2D eigenvalue weighted by molar-refractivity contribution is -0.139. The summed E-state index contributed by atoms with van der Waals surface area (Å²) in [6.07, 6.45) is 1.51. The third-order valence-electron chi connectivity index (χ3n) is 5.04. The minimum atomic E-state index is -0.790. The molecule has 2 aromatic rings. The molecule has 0 saturated carbocycles. The Hall–Kier alpha value is -3.61. The van der Waals surface area contributed by atoms with E-state index in [2.05, 4.69) is 0 Å². The monoisotopic (exact) mass is 437 g/mol. The number of ether oxygens (including phenoxy) is 2. The standard InChI is InChI=1S/C25H27NO6/c1-4-13-26-22(18-7-6-8-20(15-18)32-16(3)27)21(24(29)25(26)30)23(28)17-9-11-19(12-10-17)31-14-5-2/h6-12,15,22,28H,4-5,13-14H2,1-3H3/b23-21-. The molecule has 3 rings (SSSR count). The molecule has 32 heavy (non-hydrogen) atoms. The molecule has 1 heterocycles. The smallest absolute Gasteiger partial charge is 0.308 e. The summed E-state index contributed by atoms with van der Waals surface area (Å²) in [4.78, 5) is 38.5. The van der Waals surface area contributed by atoms with Crippen molar-refractivity contribution in [3.8, 4) is 11.5 Å². The normalized spacial score (nSPS) is 17.5. The number of hydrogen-bond donors (Lipinski definition) is 1. The SMILES string of the molecule is CCCOc1ccc(/C(O)=C2/C(=O)C(=O)N(CCC)C2c2cccc(OC(C)=O)c2)cc1. The first-order valence-electron chi connectivity index (χ1n) is 10.7. The van der Waals surface area contributed by atoms with E-state index >= 15 is 0 Å². The van der Waals surface area contributed by atoms with Crippen molar-refractivity contribution in [1.82, 2.24) is 4.90 Å². The zero-order valence-electron chi connectivity index (χ0n) is 18.5. The first kappa shape index (κ1) is 23.1. The first-order chi connectivity index (χ1) is 15.4. The van der Waals surface area contributed by atoms with Crippen LogP contribution in [0.3, 0.4) is 0 Å². The van der Waals surface area contributed by atoms with Crippen LogP contribution in [0.5, 0.6) is 11.5 Å². The number of aliphatic hydroxyl groups excluding tert-OH is 1. The van der Waals surface area contributed by atoms with E-state index in [1.54, 1.807) is 48.5 Å². The van der Waals surface area contributed by atoms with E-state index in [9.17, 15) is 19.5 Å². The van der Waals surface area contributed by atoms with Crippen LogP contribution in [-0.2, 0) is 14.4 Å². The zero-order valence-corrected chi connectivity index (χ0v) is 18.5. The summed E-state index contributed by atoms with van der Waals surface area (Å²) in [6.45, 7) is 6.12. The number of aliphatic hydroxyl groups is 1. The molecule has 0 radical (unpaired) electrons. The average Bonchev–Trinajstić information content (AvgIpc) is 3.02. The fourth-order valence-electron chi connectivity index (χ4n) is 3.70. The summed E-state index contributed by atoms with van der Waals surface area (Å²) in [7, 11) is 0. The van der Waals surface area contributed by atoms with Gasteiger partial charge in [-0.25, -0.2) is 0 Å². The van der Waals surface area contributed by atoms with E-state index in [-0.39, 0.29) is 11.3 Å². The van der Waals surface area contributed by atoms with Crippen LogP contribution in [0, 0.1) is 0 Å². The second kappa shape index (κ2) is 10.1. The van der Waals surface area contributed by atoms with E-state index < -0.39 is 23.7 Å². The molecule has 0 aromatic heterocycles. The molecule has 0 bridgehead atoms. The molecule has 168 valence electrons. The molecule has 0 aliphatic carbocycles. The number of benzene rings is 2. The molecule has 7 nitrogen and oxygen atoms in total. The third kappa shape index (κ3) is 4.82. The number of Topliss-reactive ketones (excluding diaryl/α,β-unsaturated/α-hetero) is 1. The Kier molecular flexibility index (Phi) is 7.30. The van der Waals surface area contributed by atoms with Crippen molar-refractivity contribution >= 4 is 23.4 Å². The predicted octanol–water partition coefficient (Wildman–Crippen LogP) is 4.23. The second-order valence-electron chi connectivity index (χ2n) is 7.53. The number of amides is 1. The van der Waals surface area contributed by atoms with E-state index in [1.165, 1.54) is 11.8 Å². The average molecular weight is 437 g/mol. The molecular formula is C25H27NO6. The number of carbonyl (C=O) groups is 3. The first-order valence-corrected chi connectivity index (χ1v) is 10.7. The highest BCUT2D eigenvalue weighted by Gasteiger charge is 2.45. The van der Waals surface area contributed by atoms with Gasteiger partial charge in [0, 0.05) is 19.0 Å². The molecule has 7 heteroatoms. The lowest BCUT2D eigenvalue weighted by Gasteiger charge is -2.25. The van der Waals surface area contributed by atoms with E-state index in [4.69, 9.17) is 9.47 Å². The fourth-order valence-corrected chi connectivity index (χ4v) is 3.70. The predicted molar refractivity (Wildman–Crippen MR) is 119 cm³/mol. The van der Waals surface area contributed by atoms with Gasteiger partial charge in [0.05, 0.1) is 18.2 Å². The van der Waals surface area contributed by atoms with Crippen molar-refractivity contribution in [3.05, 3.63) is 65.2 Å². The van der Waals surface area contributed by atoms with Gasteiger partial charge < -0.3 is 19.5 Å². The molecule has 1 atom stereocenters. The van der Waals surface area contributed by atoms with Gasteiger partial charge in [0.2, 0.25) is 0 Å². The molecule has 1 fully saturated rings. The minimum Gasteiger partial charge on any atom is -0.507 e. The highest BCUT2D eigenvalue weighted by molar-refractivity contribution is 6.46. The summed E-state index contributed by atoms with van der Waals surface area (Å²) >= 11 is 0. The largest absolute Gasteiger partial charge is 0.507 e. The van der Waals surface area contributed by atoms with Crippen molar-refractivity contribution in [1.29, 1.82) is 0 Å². The Balaban J connectivity index is 2.08. The zero-order chi connectivity index (χ0) is 23.3. The Morgan fingerprint density at radius 3 is 2.38 bits per heavy atom. The molecule has 1 amide bonds. The lowest BCUT2D eigenvalue weighted by atomic mass is 9.95. The molecule has 1 N–H and O–H groups in total. The summed E-state index contributed by atoms with van der Waals surface area (Å²) in [5, 5.41) is 11.1. The highest BCUT2D eigenvalue weighted by Crippen LogP contribution is 2.40. The summed E-state index contributed by atoms with van der Waals surface area (Å²) < 4.78 is 10.7. The molecule has 0 spiro atoms. The second-order valence-corrected chi connectivity index (χ2v) is 7.53. The van der Waals surface area contributed by atoms with Crippen LogP contribution < -0.4 is 9.47 Å². The number of likely N-dealkylation sites (tertiary alicyclic amines) is 1. The molecule has 1 aliphatic heterocycles. The van der Waals surface area contributed by atoms with Crippen molar-refractivity contribution < 1.29 is 29.0 Å². The van der Waals surface area contributed by atoms with Gasteiger partial charge in [-0.15, -0.1) is 0 Å². The third-order valence-corrected chi connectivity index (χ3v) is 5.04. The lowest BCUT2D eigenvalue weighted by Crippen LogP contribution is -2.30. The maximum atomic E-state index is 12.9. The van der Waals surface area contributed by atoms with Gasteiger partial charge in [-0.1, -0.05) is 26.0 Å². The van der Waals surface area contributed by atoms with E-state index in [0.29, 0.717) is 42.2 Å². The van der Waals surface area contributed by atoms with Crippen LogP contribution in [0.4, 0.5) is 0 Å². The Bertz CT molecular complexity index is 1040. The number of hydrogen-bond acceptors (Lipinski definition) is 6. The van der Waals surface area contributed by atoms with Crippen LogP contribution in [0.25, 0.3) is 5.76 Å². The van der Waals surface area contributed by atoms with Crippen LogP contribution in [0.2, 0.25) is 0 Å². The summed E-state index contributed by atoms with van der Waals surface area (Å²) in [5.41, 5.74) is 0.982. The topological polar surface area (TPSA) is 93.1 Å². The van der Waals surface area contributed by atoms with Gasteiger partial charge in [0.15, 0.2) is 0 Å². The molecule has 1 aliphatic rings. The molecule has 1 unspecified atom stereocenters. The van der Waals surface area contributed by atoms with Gasteiger partial charge in [-0.2, -0.15) is 0 Å². The van der Waals surface area contributed by atoms with Crippen molar-refractivity contribution in [2.45, 2.75) is 39.7 Å². The quantitative estimate of drug-likeness (QED) is 0.218. The number of nitrogens with zero attached hydrogens (tertiary/aromatic N) is 1. The van der Waals surface area contributed by atoms with Gasteiger partial charge in [0.1, 0.15) is 17.3 Å². The fraction of sp³-hybridized carbons (Fsp3) is 0.320. The molecular weight excluding hydrogens is 410 g/mol. The van der Waals surface area contributed by atoms with Gasteiger partial charge in [-0.05, 0) is 54.8 Å². The van der Waals surface area contributed by atoms with E-state index in [1.807, 2.05) is 13.8 Å². The van der Waals surface area contributed by atoms with Gasteiger partial charge in [0.25, 0.3) is 11.7 Å². The number of rotatable bonds is 8. The Labute approximate surface area is 187 Å². The summed E-state index contributed by atoms with van der Waals surface area (Å²) in [5.74, 6) is -1.19. The Morgan fingerprint density at radius 1 is 1.03 bits per heavy atom. The maximum absolute atomic E-state index is 12.9.